The topological polar surface area (TPSA) is 79.9 Å². The van der Waals surface area contributed by atoms with Crippen molar-refractivity contribution in [1.82, 2.24) is 5.32 Å². The van der Waals surface area contributed by atoms with Gasteiger partial charge < -0.3 is 25.0 Å². The van der Waals surface area contributed by atoms with Gasteiger partial charge in [-0.15, -0.1) is 0 Å². The van der Waals surface area contributed by atoms with Crippen LogP contribution < -0.4 is 25.0 Å². The number of carbonyl (C=O) groups is 2. The minimum atomic E-state index is -0.303. The molecule has 0 spiro atoms. The molecule has 3 amide bonds. The fourth-order valence-electron chi connectivity index (χ4n) is 3.55. The molecule has 2 aliphatic heterocycles. The molecule has 7 nitrogen and oxygen atoms in total. The van der Waals surface area contributed by atoms with Crippen LogP contribution in [0.15, 0.2) is 42.5 Å². The van der Waals surface area contributed by atoms with E-state index in [9.17, 15) is 9.59 Å². The van der Waals surface area contributed by atoms with Gasteiger partial charge in [0.15, 0.2) is 11.5 Å². The highest BCUT2D eigenvalue weighted by Crippen LogP contribution is 2.35. The van der Waals surface area contributed by atoms with Crippen LogP contribution in [0.5, 0.6) is 11.5 Å². The SMILES string of the molecule is CCc1ccccc1NC(=O)N[C@H]1CC(=O)N(c2ccc3c(c2)OCCO3)C1. The minimum Gasteiger partial charge on any atom is -0.486 e. The van der Waals surface area contributed by atoms with Gasteiger partial charge in [-0.3, -0.25) is 4.79 Å². The Morgan fingerprint density at radius 3 is 2.75 bits per heavy atom. The van der Waals surface area contributed by atoms with Crippen molar-refractivity contribution in [2.75, 3.05) is 30.0 Å². The van der Waals surface area contributed by atoms with Crippen LogP contribution in [-0.4, -0.2) is 37.7 Å². The summed E-state index contributed by atoms with van der Waals surface area (Å²) < 4.78 is 11.1. The van der Waals surface area contributed by atoms with Gasteiger partial charge in [-0.25, -0.2) is 4.79 Å². The van der Waals surface area contributed by atoms with Crippen molar-refractivity contribution >= 4 is 23.3 Å². The highest BCUT2D eigenvalue weighted by atomic mass is 16.6. The number of nitrogens with zero attached hydrogens (tertiary/aromatic N) is 1. The fraction of sp³-hybridized carbons (Fsp3) is 0.333. The zero-order chi connectivity index (χ0) is 19.5. The van der Waals surface area contributed by atoms with Crippen molar-refractivity contribution in [3.63, 3.8) is 0 Å². The summed E-state index contributed by atoms with van der Waals surface area (Å²) in [6, 6.07) is 12.6. The second-order valence-corrected chi connectivity index (χ2v) is 6.84. The number of fused-ring (bicyclic) bond motifs is 1. The van der Waals surface area contributed by atoms with Gasteiger partial charge in [0.05, 0.1) is 6.04 Å². The largest absolute Gasteiger partial charge is 0.486 e. The summed E-state index contributed by atoms with van der Waals surface area (Å²) in [5.74, 6) is 1.29. The average Bonchev–Trinajstić information content (AvgIpc) is 3.07. The van der Waals surface area contributed by atoms with E-state index in [0.717, 1.165) is 23.4 Å². The quantitative estimate of drug-likeness (QED) is 0.853. The van der Waals surface area contributed by atoms with E-state index in [0.29, 0.717) is 31.3 Å². The van der Waals surface area contributed by atoms with Crippen molar-refractivity contribution < 1.29 is 19.1 Å². The summed E-state index contributed by atoms with van der Waals surface area (Å²) in [7, 11) is 0. The molecule has 2 heterocycles. The maximum absolute atomic E-state index is 12.5. The number of benzene rings is 2. The third kappa shape index (κ3) is 3.74. The first-order chi connectivity index (χ1) is 13.6. The van der Waals surface area contributed by atoms with E-state index in [1.807, 2.05) is 49.4 Å². The van der Waals surface area contributed by atoms with Gasteiger partial charge in [-0.2, -0.15) is 0 Å². The first-order valence-corrected chi connectivity index (χ1v) is 9.49. The lowest BCUT2D eigenvalue weighted by Crippen LogP contribution is -2.39. The number of para-hydroxylation sites is 1. The van der Waals surface area contributed by atoms with E-state index < -0.39 is 0 Å². The molecule has 2 aromatic rings. The van der Waals surface area contributed by atoms with E-state index in [1.165, 1.54) is 0 Å². The molecular weight excluding hydrogens is 358 g/mol. The highest BCUT2D eigenvalue weighted by Gasteiger charge is 2.32. The van der Waals surface area contributed by atoms with Crippen LogP contribution in [-0.2, 0) is 11.2 Å². The molecule has 2 aliphatic rings. The lowest BCUT2D eigenvalue weighted by Gasteiger charge is -2.22. The number of hydrogen-bond acceptors (Lipinski definition) is 4. The van der Waals surface area contributed by atoms with Gasteiger partial charge in [0, 0.05) is 30.4 Å². The summed E-state index contributed by atoms with van der Waals surface area (Å²) in [5.41, 5.74) is 2.60. The zero-order valence-corrected chi connectivity index (χ0v) is 15.7. The molecule has 2 N–H and O–H groups in total. The number of urea groups is 1. The standard InChI is InChI=1S/C21H23N3O4/c1-2-14-5-3-4-6-17(14)23-21(26)22-15-11-20(25)24(13-15)16-7-8-18-19(12-16)28-10-9-27-18/h3-8,12,15H,2,9-11,13H2,1H3,(H2,22,23,26)/t15-/m0/s1. The molecule has 0 aliphatic carbocycles. The molecule has 4 rings (SSSR count). The molecule has 28 heavy (non-hydrogen) atoms. The van der Waals surface area contributed by atoms with E-state index in [1.54, 1.807) is 4.90 Å². The Morgan fingerprint density at radius 1 is 1.14 bits per heavy atom. The van der Waals surface area contributed by atoms with Crippen molar-refractivity contribution in [1.29, 1.82) is 0 Å². The summed E-state index contributed by atoms with van der Waals surface area (Å²) in [6.45, 7) is 3.48. The van der Waals surface area contributed by atoms with Crippen LogP contribution in [0.25, 0.3) is 0 Å². The lowest BCUT2D eigenvalue weighted by atomic mass is 10.1. The van der Waals surface area contributed by atoms with Crippen LogP contribution in [0, 0.1) is 0 Å². The van der Waals surface area contributed by atoms with Crippen molar-refractivity contribution in [3.8, 4) is 11.5 Å². The van der Waals surface area contributed by atoms with Crippen LogP contribution in [0.2, 0.25) is 0 Å². The minimum absolute atomic E-state index is 0.0315. The number of carbonyl (C=O) groups excluding carboxylic acids is 2. The lowest BCUT2D eigenvalue weighted by molar-refractivity contribution is -0.117. The molecule has 2 aromatic carbocycles. The Bertz CT molecular complexity index is 899. The molecule has 146 valence electrons. The Hall–Kier alpha value is -3.22. The number of rotatable bonds is 4. The van der Waals surface area contributed by atoms with Crippen molar-refractivity contribution in [2.24, 2.45) is 0 Å². The maximum Gasteiger partial charge on any atom is 0.319 e. The molecule has 0 aromatic heterocycles. The molecule has 1 fully saturated rings. The summed E-state index contributed by atoms with van der Waals surface area (Å²) in [4.78, 5) is 26.5. The summed E-state index contributed by atoms with van der Waals surface area (Å²) in [5, 5.41) is 5.78. The number of anilines is 2. The van der Waals surface area contributed by atoms with Crippen LogP contribution in [0.4, 0.5) is 16.2 Å². The fourth-order valence-corrected chi connectivity index (χ4v) is 3.55. The number of nitrogens with one attached hydrogen (secondary N) is 2. The van der Waals surface area contributed by atoms with Crippen molar-refractivity contribution in [2.45, 2.75) is 25.8 Å². The molecular formula is C21H23N3O4. The third-order valence-electron chi connectivity index (χ3n) is 4.94. The van der Waals surface area contributed by atoms with Gasteiger partial charge in [0.1, 0.15) is 13.2 Å². The van der Waals surface area contributed by atoms with E-state index >= 15 is 0 Å². The molecule has 0 unspecified atom stereocenters. The second kappa shape index (κ2) is 7.80. The maximum atomic E-state index is 12.5. The summed E-state index contributed by atoms with van der Waals surface area (Å²) in [6.07, 6.45) is 1.09. The van der Waals surface area contributed by atoms with Crippen molar-refractivity contribution in [3.05, 3.63) is 48.0 Å². The van der Waals surface area contributed by atoms with E-state index in [-0.39, 0.29) is 24.4 Å². The Kier molecular flexibility index (Phi) is 5.06. The van der Waals surface area contributed by atoms with E-state index in [2.05, 4.69) is 10.6 Å². The number of amides is 3. The molecule has 1 saturated heterocycles. The summed E-state index contributed by atoms with van der Waals surface area (Å²) >= 11 is 0. The predicted octanol–water partition coefficient (Wildman–Crippen LogP) is 2.95. The number of ether oxygens (including phenoxy) is 2. The Balaban J connectivity index is 1.40. The smallest absolute Gasteiger partial charge is 0.319 e. The van der Waals surface area contributed by atoms with Gasteiger partial charge in [-0.1, -0.05) is 25.1 Å². The first-order valence-electron chi connectivity index (χ1n) is 9.49. The van der Waals surface area contributed by atoms with Crippen LogP contribution >= 0.6 is 0 Å². The Labute approximate surface area is 163 Å². The van der Waals surface area contributed by atoms with E-state index in [4.69, 9.17) is 9.47 Å². The Morgan fingerprint density at radius 2 is 1.93 bits per heavy atom. The molecule has 1 atom stereocenters. The van der Waals surface area contributed by atoms with Gasteiger partial charge in [-0.05, 0) is 30.2 Å². The van der Waals surface area contributed by atoms with Gasteiger partial charge in [0.25, 0.3) is 0 Å². The number of aryl methyl sites for hydroxylation is 1. The van der Waals surface area contributed by atoms with Crippen LogP contribution in [0.3, 0.4) is 0 Å². The van der Waals surface area contributed by atoms with Crippen LogP contribution in [0.1, 0.15) is 18.9 Å². The normalized spacial score (nSPS) is 18.1. The predicted molar refractivity (Wildman–Crippen MR) is 106 cm³/mol. The molecule has 0 radical (unpaired) electrons. The monoisotopic (exact) mass is 381 g/mol. The zero-order valence-electron chi connectivity index (χ0n) is 15.7. The second-order valence-electron chi connectivity index (χ2n) is 6.84. The van der Waals surface area contributed by atoms with Gasteiger partial charge >= 0.3 is 6.03 Å². The third-order valence-corrected chi connectivity index (χ3v) is 4.94. The average molecular weight is 381 g/mol. The highest BCUT2D eigenvalue weighted by molar-refractivity contribution is 5.98. The first kappa shape index (κ1) is 18.2. The molecule has 0 bridgehead atoms. The van der Waals surface area contributed by atoms with Gasteiger partial charge in [0.2, 0.25) is 5.91 Å². The molecule has 0 saturated carbocycles. The number of hydrogen-bond donors (Lipinski definition) is 2. The molecule has 7 heteroatoms.